The molecule has 0 aliphatic rings. The number of thioether (sulfide) groups is 1. The molecule has 1 unspecified atom stereocenters. The third-order valence-electron chi connectivity index (χ3n) is 5.70. The van der Waals surface area contributed by atoms with Crippen LogP contribution in [0.1, 0.15) is 49.7 Å². The van der Waals surface area contributed by atoms with Gasteiger partial charge in [0.2, 0.25) is 5.91 Å². The molecule has 6 nitrogen and oxygen atoms in total. The Kier molecular flexibility index (Phi) is 8.33. The summed E-state index contributed by atoms with van der Waals surface area (Å²) in [5.41, 5.74) is 3.80. The first kappa shape index (κ1) is 25.8. The predicted molar refractivity (Wildman–Crippen MR) is 146 cm³/mol. The predicted octanol–water partition coefficient (Wildman–Crippen LogP) is 7.22. The van der Waals surface area contributed by atoms with Gasteiger partial charge in [0.15, 0.2) is 17.1 Å². The molecule has 0 spiro atoms. The highest BCUT2D eigenvalue weighted by Gasteiger charge is 2.22. The van der Waals surface area contributed by atoms with Crippen LogP contribution in [0, 0.1) is 6.92 Å². The second-order valence-corrected chi connectivity index (χ2v) is 10.2. The van der Waals surface area contributed by atoms with Gasteiger partial charge in [0.1, 0.15) is 5.75 Å². The van der Waals surface area contributed by atoms with Gasteiger partial charge >= 0.3 is 0 Å². The Morgan fingerprint density at radius 3 is 2.44 bits per heavy atom. The van der Waals surface area contributed by atoms with Crippen molar-refractivity contribution in [3.8, 4) is 11.4 Å². The number of nitrogens with one attached hydrogen (secondary N) is 1. The quantitative estimate of drug-likeness (QED) is 0.236. The SMILES string of the molecule is Cc1ccc(Cl)cc1NC(=O)CSc1nnc(C(C)Oc2ccc(C(C)C)cc2)n1-c1ccccc1. The van der Waals surface area contributed by atoms with E-state index < -0.39 is 0 Å². The summed E-state index contributed by atoms with van der Waals surface area (Å²) in [6.45, 7) is 8.20. The lowest BCUT2D eigenvalue weighted by molar-refractivity contribution is -0.113. The molecular formula is C28H29ClN4O2S. The van der Waals surface area contributed by atoms with Crippen LogP contribution in [0.4, 0.5) is 5.69 Å². The molecule has 0 saturated heterocycles. The van der Waals surface area contributed by atoms with Gasteiger partial charge in [0.05, 0.1) is 5.75 Å². The Labute approximate surface area is 221 Å². The first-order valence-electron chi connectivity index (χ1n) is 11.8. The number of benzene rings is 3. The van der Waals surface area contributed by atoms with Gasteiger partial charge < -0.3 is 10.1 Å². The van der Waals surface area contributed by atoms with Crippen molar-refractivity contribution in [3.05, 3.63) is 94.8 Å². The minimum atomic E-state index is -0.361. The Hall–Kier alpha value is -3.29. The number of rotatable bonds is 9. The number of aromatic nitrogens is 3. The second-order valence-electron chi connectivity index (χ2n) is 8.79. The van der Waals surface area contributed by atoms with Crippen LogP contribution in [0.2, 0.25) is 5.02 Å². The van der Waals surface area contributed by atoms with Gasteiger partial charge in [-0.1, -0.05) is 73.6 Å². The van der Waals surface area contributed by atoms with Crippen LogP contribution in [0.5, 0.6) is 5.75 Å². The Morgan fingerprint density at radius 1 is 1.03 bits per heavy atom. The van der Waals surface area contributed by atoms with Crippen LogP contribution in [0.25, 0.3) is 5.69 Å². The third-order valence-corrected chi connectivity index (χ3v) is 6.87. The van der Waals surface area contributed by atoms with Crippen molar-refractivity contribution < 1.29 is 9.53 Å². The molecule has 36 heavy (non-hydrogen) atoms. The minimum Gasteiger partial charge on any atom is -0.483 e. The Balaban J connectivity index is 1.53. The van der Waals surface area contributed by atoms with Crippen LogP contribution in [0.3, 0.4) is 0 Å². The van der Waals surface area contributed by atoms with Gasteiger partial charge in [-0.05, 0) is 67.3 Å². The number of ether oxygens (including phenoxy) is 1. The standard InChI is InChI=1S/C28H29ClN4O2S/c1-18(2)21-11-14-24(15-12-21)35-20(4)27-31-32-28(33(27)23-8-6-5-7-9-23)36-17-26(34)30-25-16-22(29)13-10-19(25)3/h5-16,18,20H,17H2,1-4H3,(H,30,34). The highest BCUT2D eigenvalue weighted by molar-refractivity contribution is 7.99. The number of halogens is 1. The van der Waals surface area contributed by atoms with Crippen molar-refractivity contribution >= 4 is 35.0 Å². The van der Waals surface area contributed by atoms with Crippen LogP contribution in [-0.4, -0.2) is 26.4 Å². The normalized spacial score (nSPS) is 11.9. The topological polar surface area (TPSA) is 69.0 Å². The molecule has 4 rings (SSSR count). The molecule has 0 fully saturated rings. The van der Waals surface area contributed by atoms with Crippen molar-refractivity contribution in [2.75, 3.05) is 11.1 Å². The fourth-order valence-electron chi connectivity index (χ4n) is 3.69. The fraction of sp³-hybridized carbons (Fsp3) is 0.250. The lowest BCUT2D eigenvalue weighted by atomic mass is 10.0. The Morgan fingerprint density at radius 2 is 1.75 bits per heavy atom. The number of aryl methyl sites for hydroxylation is 1. The van der Waals surface area contributed by atoms with E-state index in [0.717, 1.165) is 17.0 Å². The molecule has 4 aromatic rings. The van der Waals surface area contributed by atoms with Crippen LogP contribution in [0.15, 0.2) is 78.0 Å². The number of anilines is 1. The summed E-state index contributed by atoms with van der Waals surface area (Å²) in [6.07, 6.45) is -0.361. The first-order chi connectivity index (χ1) is 17.3. The number of carbonyl (C=O) groups excluding carboxylic acids is 1. The monoisotopic (exact) mass is 520 g/mol. The summed E-state index contributed by atoms with van der Waals surface area (Å²) in [5.74, 6) is 1.90. The van der Waals surface area contributed by atoms with E-state index >= 15 is 0 Å². The van der Waals surface area contributed by atoms with E-state index in [-0.39, 0.29) is 17.8 Å². The van der Waals surface area contributed by atoms with Crippen molar-refractivity contribution in [3.63, 3.8) is 0 Å². The third kappa shape index (κ3) is 6.28. The molecule has 186 valence electrons. The molecule has 1 N–H and O–H groups in total. The molecule has 8 heteroatoms. The highest BCUT2D eigenvalue weighted by atomic mass is 35.5. The second kappa shape index (κ2) is 11.6. The lowest BCUT2D eigenvalue weighted by Crippen LogP contribution is -2.16. The van der Waals surface area contributed by atoms with Crippen LogP contribution >= 0.6 is 23.4 Å². The van der Waals surface area contributed by atoms with Gasteiger partial charge in [0.25, 0.3) is 0 Å². The van der Waals surface area contributed by atoms with E-state index in [1.165, 1.54) is 17.3 Å². The maximum absolute atomic E-state index is 12.7. The molecule has 0 aliphatic heterocycles. The first-order valence-corrected chi connectivity index (χ1v) is 13.1. The maximum Gasteiger partial charge on any atom is 0.234 e. The molecule has 1 amide bonds. The van der Waals surface area contributed by atoms with E-state index in [4.69, 9.17) is 16.3 Å². The molecule has 1 atom stereocenters. The van der Waals surface area contributed by atoms with Crippen molar-refractivity contribution in [2.24, 2.45) is 0 Å². The Bertz CT molecular complexity index is 1320. The summed E-state index contributed by atoms with van der Waals surface area (Å²) in [4.78, 5) is 12.7. The zero-order chi connectivity index (χ0) is 25.7. The van der Waals surface area contributed by atoms with Crippen molar-refractivity contribution in [2.45, 2.75) is 44.9 Å². The van der Waals surface area contributed by atoms with Gasteiger partial charge in [-0.15, -0.1) is 10.2 Å². The van der Waals surface area contributed by atoms with E-state index in [0.29, 0.717) is 27.6 Å². The number of hydrogen-bond acceptors (Lipinski definition) is 5. The molecule has 0 radical (unpaired) electrons. The molecule has 1 heterocycles. The van der Waals surface area contributed by atoms with Crippen molar-refractivity contribution in [1.29, 1.82) is 0 Å². The van der Waals surface area contributed by atoms with Gasteiger partial charge in [0, 0.05) is 16.4 Å². The number of carbonyl (C=O) groups is 1. The lowest BCUT2D eigenvalue weighted by Gasteiger charge is -2.17. The summed E-state index contributed by atoms with van der Waals surface area (Å²) in [6, 6.07) is 23.4. The smallest absolute Gasteiger partial charge is 0.234 e. The largest absolute Gasteiger partial charge is 0.483 e. The molecular weight excluding hydrogens is 492 g/mol. The number of hydrogen-bond donors (Lipinski definition) is 1. The summed E-state index contributed by atoms with van der Waals surface area (Å²) < 4.78 is 8.16. The molecule has 1 aromatic heterocycles. The van der Waals surface area contributed by atoms with Gasteiger partial charge in [-0.3, -0.25) is 9.36 Å². The molecule has 0 bridgehead atoms. The number of para-hydroxylation sites is 1. The summed E-state index contributed by atoms with van der Waals surface area (Å²) in [5, 5.41) is 13.0. The van der Waals surface area contributed by atoms with Gasteiger partial charge in [-0.2, -0.15) is 0 Å². The van der Waals surface area contributed by atoms with Crippen molar-refractivity contribution in [1.82, 2.24) is 14.8 Å². The van der Waals surface area contributed by atoms with E-state index in [1.807, 2.05) is 66.9 Å². The summed E-state index contributed by atoms with van der Waals surface area (Å²) >= 11 is 7.40. The van der Waals surface area contributed by atoms with E-state index in [9.17, 15) is 4.79 Å². The maximum atomic E-state index is 12.7. The average molecular weight is 521 g/mol. The molecule has 0 saturated carbocycles. The van der Waals surface area contributed by atoms with E-state index in [2.05, 4.69) is 41.5 Å². The van der Waals surface area contributed by atoms with Crippen LogP contribution < -0.4 is 10.1 Å². The number of amides is 1. The van der Waals surface area contributed by atoms with Crippen LogP contribution in [-0.2, 0) is 4.79 Å². The average Bonchev–Trinajstić information content (AvgIpc) is 3.30. The molecule has 0 aliphatic carbocycles. The molecule has 3 aromatic carbocycles. The zero-order valence-electron chi connectivity index (χ0n) is 20.7. The highest BCUT2D eigenvalue weighted by Crippen LogP contribution is 2.29. The minimum absolute atomic E-state index is 0.149. The van der Waals surface area contributed by atoms with Gasteiger partial charge in [-0.25, -0.2) is 0 Å². The zero-order valence-corrected chi connectivity index (χ0v) is 22.3. The fourth-order valence-corrected chi connectivity index (χ4v) is 4.62. The number of nitrogens with zero attached hydrogens (tertiary/aromatic N) is 3. The summed E-state index contributed by atoms with van der Waals surface area (Å²) in [7, 11) is 0. The van der Waals surface area contributed by atoms with E-state index in [1.54, 1.807) is 12.1 Å².